The Morgan fingerprint density at radius 2 is 1.89 bits per heavy atom. The molecule has 1 saturated heterocycles. The van der Waals surface area contributed by atoms with Crippen LogP contribution in [0.15, 0.2) is 6.20 Å². The molecule has 9 nitrogen and oxygen atoms in total. The Hall–Kier alpha value is -1.48. The van der Waals surface area contributed by atoms with Gasteiger partial charge in [-0.15, -0.1) is 0 Å². The normalized spacial score (nSPS) is 22.3. The van der Waals surface area contributed by atoms with Crippen LogP contribution in [0.4, 0.5) is 13.2 Å². The zero-order valence-corrected chi connectivity index (χ0v) is 23.1. The minimum absolute atomic E-state index is 0.0216. The standard InChI is InChI=1S/C20H35N2O4Si.CHF3O3S/c1-9-23-18-14(4)11-22-17-10-15(26-19(22)21-18)16(25-17)12-24-27(7,8)20(5,6)13(2)3;2-1(3,4)8(5,6)7/h11,13,15-17H,9-10,12H2,1-8H3;(H,5,6,7)/q+1;/p-1/t15-,16-,17-;/m1./s1. The molecule has 3 atom stereocenters. The van der Waals surface area contributed by atoms with Crippen LogP contribution in [0, 0.1) is 12.8 Å². The molecular weight excluding hydrogens is 509 g/mol. The SMILES string of the molecule is CCOc1nc2[n+](cc1C)[C@H]1C[C@@H](O2)[C@@H](CO[Si](C)(C)C(C)(C)C(C)C)O1.O=S(=O)([O-])C(F)(F)F. The molecule has 1 fully saturated rings. The molecule has 0 spiro atoms. The maximum atomic E-state index is 10.7. The summed E-state index contributed by atoms with van der Waals surface area (Å²) in [6.45, 7) is 18.9. The van der Waals surface area contributed by atoms with Crippen molar-refractivity contribution in [3.05, 3.63) is 11.8 Å². The highest BCUT2D eigenvalue weighted by atomic mass is 32.2. The molecule has 0 aromatic carbocycles. The second kappa shape index (κ2) is 10.5. The first-order valence-corrected chi connectivity index (χ1v) is 15.7. The zero-order chi connectivity index (χ0) is 27.0. The second-order valence-corrected chi connectivity index (χ2v) is 15.9. The number of hydrogen-bond donors (Lipinski definition) is 0. The van der Waals surface area contributed by atoms with E-state index in [1.165, 1.54) is 0 Å². The molecule has 2 aliphatic heterocycles. The van der Waals surface area contributed by atoms with Gasteiger partial charge in [0.2, 0.25) is 6.23 Å². The van der Waals surface area contributed by atoms with Crippen LogP contribution in [0.5, 0.6) is 11.9 Å². The van der Waals surface area contributed by atoms with Crippen molar-refractivity contribution in [1.82, 2.24) is 4.98 Å². The molecule has 0 radical (unpaired) electrons. The van der Waals surface area contributed by atoms with Crippen molar-refractivity contribution < 1.29 is 49.3 Å². The summed E-state index contributed by atoms with van der Waals surface area (Å²) in [4.78, 5) is 4.56. The van der Waals surface area contributed by atoms with E-state index in [0.29, 0.717) is 31.0 Å². The molecule has 2 bridgehead atoms. The first-order chi connectivity index (χ1) is 15.8. The molecule has 1 aromatic heterocycles. The van der Waals surface area contributed by atoms with Gasteiger partial charge in [-0.2, -0.15) is 17.7 Å². The van der Waals surface area contributed by atoms with Crippen LogP contribution in [-0.4, -0.2) is 57.2 Å². The van der Waals surface area contributed by atoms with Crippen LogP contribution < -0.4 is 14.0 Å². The molecule has 0 unspecified atom stereocenters. The van der Waals surface area contributed by atoms with Crippen molar-refractivity contribution in [2.45, 2.75) is 90.0 Å². The first kappa shape index (κ1) is 29.7. The molecule has 3 rings (SSSR count). The van der Waals surface area contributed by atoms with Crippen molar-refractivity contribution in [3.8, 4) is 11.9 Å². The van der Waals surface area contributed by atoms with E-state index in [1.807, 2.05) is 24.6 Å². The van der Waals surface area contributed by atoms with E-state index in [4.69, 9.17) is 31.6 Å². The quantitative estimate of drug-likeness (QED) is 0.220. The average Bonchev–Trinajstić information content (AvgIpc) is 3.04. The predicted octanol–water partition coefficient (Wildman–Crippen LogP) is 3.83. The maximum absolute atomic E-state index is 10.7. The Morgan fingerprint density at radius 1 is 1.31 bits per heavy atom. The summed E-state index contributed by atoms with van der Waals surface area (Å²) in [7, 11) is -7.98. The van der Waals surface area contributed by atoms with Crippen LogP contribution >= 0.6 is 0 Å². The molecule has 0 aliphatic carbocycles. The number of halogens is 3. The summed E-state index contributed by atoms with van der Waals surface area (Å²) in [5, 5.41) is 0.185. The Bertz CT molecular complexity index is 1000. The van der Waals surface area contributed by atoms with E-state index in [1.54, 1.807) is 0 Å². The maximum Gasteiger partial charge on any atom is 0.504 e. The zero-order valence-electron chi connectivity index (χ0n) is 21.3. The molecule has 2 aliphatic rings. The lowest BCUT2D eigenvalue weighted by molar-refractivity contribution is -0.769. The molecule has 14 heteroatoms. The van der Waals surface area contributed by atoms with E-state index < -0.39 is 23.9 Å². The monoisotopic (exact) mass is 544 g/mol. The molecular formula is C21H35F3N2O7SSi. The lowest BCUT2D eigenvalue weighted by atomic mass is 9.99. The number of aromatic nitrogens is 2. The Kier molecular flexibility index (Phi) is 8.91. The number of rotatable bonds is 7. The fourth-order valence-corrected chi connectivity index (χ4v) is 5.92. The van der Waals surface area contributed by atoms with Gasteiger partial charge in [-0.3, -0.25) is 0 Å². The van der Waals surface area contributed by atoms with E-state index in [2.05, 4.69) is 45.8 Å². The summed E-state index contributed by atoms with van der Waals surface area (Å²) in [5.41, 5.74) is -4.66. The highest BCUT2D eigenvalue weighted by molar-refractivity contribution is 7.86. The lowest BCUT2D eigenvalue weighted by Crippen LogP contribution is -2.48. The summed E-state index contributed by atoms with van der Waals surface area (Å²) < 4.78 is 85.5. The van der Waals surface area contributed by atoms with Crippen LogP contribution in [0.2, 0.25) is 18.1 Å². The minimum atomic E-state index is -6.09. The fraction of sp³-hybridized carbons (Fsp3) is 0.810. The number of alkyl halides is 3. The van der Waals surface area contributed by atoms with Crippen molar-refractivity contribution in [2.75, 3.05) is 13.2 Å². The molecule has 1 aromatic rings. The number of aryl methyl sites for hydroxylation is 1. The number of hydrogen-bond acceptors (Lipinski definition) is 8. The van der Waals surface area contributed by atoms with Crippen molar-refractivity contribution in [2.24, 2.45) is 5.92 Å². The van der Waals surface area contributed by atoms with E-state index in [-0.39, 0.29) is 23.5 Å². The van der Waals surface area contributed by atoms with Gasteiger partial charge in [0.15, 0.2) is 18.4 Å². The molecule has 3 heterocycles. The summed E-state index contributed by atoms with van der Waals surface area (Å²) in [5.74, 6) is 1.20. The lowest BCUT2D eigenvalue weighted by Gasteiger charge is -2.43. The Labute approximate surface area is 205 Å². The van der Waals surface area contributed by atoms with Crippen molar-refractivity contribution in [3.63, 3.8) is 0 Å². The Balaban J connectivity index is 0.000000466. The topological polar surface area (TPSA) is 111 Å². The van der Waals surface area contributed by atoms with E-state index >= 15 is 0 Å². The van der Waals surface area contributed by atoms with Gasteiger partial charge in [-0.25, -0.2) is 8.42 Å². The molecule has 35 heavy (non-hydrogen) atoms. The van der Waals surface area contributed by atoms with Crippen LogP contribution in [0.3, 0.4) is 0 Å². The second-order valence-electron chi connectivity index (χ2n) is 9.97. The van der Waals surface area contributed by atoms with Crippen molar-refractivity contribution >= 4 is 18.4 Å². The van der Waals surface area contributed by atoms with Crippen LogP contribution in [-0.2, 0) is 19.3 Å². The summed E-state index contributed by atoms with van der Waals surface area (Å²) in [6, 6.07) is 0.576. The molecule has 0 N–H and O–H groups in total. The average molecular weight is 545 g/mol. The number of fused-ring (bicyclic) bond motifs is 4. The van der Waals surface area contributed by atoms with Gasteiger partial charge in [-0.1, -0.05) is 27.7 Å². The third-order valence-corrected chi connectivity index (χ3v) is 12.1. The first-order valence-electron chi connectivity index (χ1n) is 11.4. The highest BCUT2D eigenvalue weighted by Gasteiger charge is 2.50. The van der Waals surface area contributed by atoms with Gasteiger partial charge in [-0.05, 0) is 37.9 Å². The summed E-state index contributed by atoms with van der Waals surface area (Å²) >= 11 is 0. The van der Waals surface area contributed by atoms with Gasteiger partial charge in [0.1, 0.15) is 18.4 Å². The van der Waals surface area contributed by atoms with Crippen molar-refractivity contribution in [1.29, 1.82) is 0 Å². The van der Waals surface area contributed by atoms with Gasteiger partial charge < -0.3 is 23.2 Å². The third kappa shape index (κ3) is 6.64. The van der Waals surface area contributed by atoms with E-state index in [9.17, 15) is 13.2 Å². The van der Waals surface area contributed by atoms with Gasteiger partial charge in [0.05, 0.1) is 25.2 Å². The van der Waals surface area contributed by atoms with Gasteiger partial charge in [0.25, 0.3) is 0 Å². The smallest absolute Gasteiger partial charge is 0.504 e. The van der Waals surface area contributed by atoms with Crippen LogP contribution in [0.25, 0.3) is 0 Å². The number of ether oxygens (including phenoxy) is 3. The number of nitrogens with zero attached hydrogens (tertiary/aromatic N) is 2. The van der Waals surface area contributed by atoms with E-state index in [0.717, 1.165) is 12.0 Å². The fourth-order valence-electron chi connectivity index (χ4n) is 3.58. The molecule has 202 valence electrons. The molecule has 0 saturated carbocycles. The highest BCUT2D eigenvalue weighted by Crippen LogP contribution is 2.45. The van der Waals surface area contributed by atoms with Gasteiger partial charge >= 0.3 is 17.4 Å². The van der Waals surface area contributed by atoms with Gasteiger partial charge in [0, 0.05) is 4.98 Å². The molecule has 0 amide bonds. The predicted molar refractivity (Wildman–Crippen MR) is 121 cm³/mol. The summed E-state index contributed by atoms with van der Waals surface area (Å²) in [6.07, 6.45) is 2.71. The Morgan fingerprint density at radius 3 is 2.37 bits per heavy atom. The minimum Gasteiger partial charge on any atom is -0.741 e. The van der Waals surface area contributed by atoms with Crippen LogP contribution in [0.1, 0.15) is 52.8 Å². The largest absolute Gasteiger partial charge is 0.741 e. The third-order valence-electron chi connectivity index (χ3n) is 7.00.